The fourth-order valence-corrected chi connectivity index (χ4v) is 4.55. The van der Waals surface area contributed by atoms with Gasteiger partial charge in [0.25, 0.3) is 0 Å². The molecule has 0 spiro atoms. The lowest BCUT2D eigenvalue weighted by atomic mass is 10.0. The third-order valence-electron chi connectivity index (χ3n) is 5.59. The molecule has 2 bridgehead atoms. The molecule has 0 aromatic heterocycles. The Balaban J connectivity index is 1.40. The van der Waals surface area contributed by atoms with Crippen molar-refractivity contribution in [1.82, 2.24) is 10.6 Å². The van der Waals surface area contributed by atoms with Crippen molar-refractivity contribution in [1.29, 1.82) is 0 Å². The van der Waals surface area contributed by atoms with Crippen molar-refractivity contribution in [3.8, 4) is 0 Å². The zero-order valence-electron chi connectivity index (χ0n) is 12.5. The summed E-state index contributed by atoms with van der Waals surface area (Å²) < 4.78 is 0. The summed E-state index contributed by atoms with van der Waals surface area (Å²) in [5, 5.41) is 6.63. The Kier molecular flexibility index (Phi) is 3.59. The number of amides is 1. The molecule has 3 nitrogen and oxygen atoms in total. The summed E-state index contributed by atoms with van der Waals surface area (Å²) in [5.41, 5.74) is 0. The SMILES string of the molecule is CC(C)CCNC(=O)C(C)NC1C2C3CCC(C3)C12. The molecule has 3 heteroatoms. The quantitative estimate of drug-likeness (QED) is 0.772. The number of nitrogens with one attached hydrogen (secondary N) is 2. The molecule has 0 aromatic carbocycles. The Morgan fingerprint density at radius 1 is 1.16 bits per heavy atom. The predicted octanol–water partition coefficient (Wildman–Crippen LogP) is 2.17. The molecule has 19 heavy (non-hydrogen) atoms. The standard InChI is InChI=1S/C16H28N2O/c1-9(2)6-7-17-16(19)10(3)18-15-13-11-4-5-12(8-11)14(13)15/h9-15,18H,4-8H2,1-3H3,(H,17,19). The topological polar surface area (TPSA) is 41.1 Å². The third kappa shape index (κ3) is 2.54. The van der Waals surface area contributed by atoms with Crippen molar-refractivity contribution in [2.75, 3.05) is 6.54 Å². The minimum atomic E-state index is -0.0258. The molecule has 0 heterocycles. The minimum Gasteiger partial charge on any atom is -0.355 e. The van der Waals surface area contributed by atoms with Crippen LogP contribution in [0.3, 0.4) is 0 Å². The van der Waals surface area contributed by atoms with Crippen molar-refractivity contribution in [2.24, 2.45) is 29.6 Å². The monoisotopic (exact) mass is 264 g/mol. The highest BCUT2D eigenvalue weighted by Gasteiger charge is 2.65. The second-order valence-corrected chi connectivity index (χ2v) is 7.38. The molecule has 0 aliphatic heterocycles. The van der Waals surface area contributed by atoms with E-state index in [4.69, 9.17) is 0 Å². The molecular formula is C16H28N2O. The van der Waals surface area contributed by atoms with Crippen LogP contribution in [0.4, 0.5) is 0 Å². The molecule has 3 fully saturated rings. The molecule has 1 amide bonds. The highest BCUT2D eigenvalue weighted by Crippen LogP contribution is 2.65. The Labute approximate surface area is 116 Å². The molecule has 5 unspecified atom stereocenters. The molecule has 0 saturated heterocycles. The van der Waals surface area contributed by atoms with Gasteiger partial charge >= 0.3 is 0 Å². The van der Waals surface area contributed by atoms with Gasteiger partial charge in [-0.2, -0.15) is 0 Å². The fourth-order valence-electron chi connectivity index (χ4n) is 4.55. The number of carbonyl (C=O) groups is 1. The van der Waals surface area contributed by atoms with Crippen molar-refractivity contribution >= 4 is 5.91 Å². The lowest BCUT2D eigenvalue weighted by molar-refractivity contribution is -0.122. The van der Waals surface area contributed by atoms with Gasteiger partial charge in [-0.15, -0.1) is 0 Å². The van der Waals surface area contributed by atoms with E-state index in [2.05, 4.69) is 24.5 Å². The smallest absolute Gasteiger partial charge is 0.236 e. The summed E-state index contributed by atoms with van der Waals surface area (Å²) in [6, 6.07) is 0.624. The van der Waals surface area contributed by atoms with Crippen LogP contribution in [0.1, 0.15) is 46.5 Å². The maximum atomic E-state index is 12.0. The number of rotatable bonds is 6. The van der Waals surface area contributed by atoms with Crippen LogP contribution in [0.25, 0.3) is 0 Å². The zero-order chi connectivity index (χ0) is 13.6. The van der Waals surface area contributed by atoms with Crippen molar-refractivity contribution in [2.45, 2.75) is 58.5 Å². The molecule has 3 saturated carbocycles. The van der Waals surface area contributed by atoms with Gasteiger partial charge in [0.15, 0.2) is 0 Å². The lowest BCUT2D eigenvalue weighted by Gasteiger charge is -2.17. The first-order valence-electron chi connectivity index (χ1n) is 8.11. The molecule has 3 aliphatic rings. The summed E-state index contributed by atoms with van der Waals surface area (Å²) in [5.74, 6) is 4.60. The van der Waals surface area contributed by atoms with Gasteiger partial charge in [0.05, 0.1) is 6.04 Å². The molecule has 108 valence electrons. The first-order chi connectivity index (χ1) is 9.08. The first-order valence-corrected chi connectivity index (χ1v) is 8.11. The average Bonchev–Trinajstić information content (AvgIpc) is 2.76. The number of hydrogen-bond donors (Lipinski definition) is 2. The largest absolute Gasteiger partial charge is 0.355 e. The van der Waals surface area contributed by atoms with Gasteiger partial charge < -0.3 is 10.6 Å². The highest BCUT2D eigenvalue weighted by molar-refractivity contribution is 5.81. The second kappa shape index (κ2) is 5.08. The van der Waals surface area contributed by atoms with E-state index in [0.717, 1.165) is 36.6 Å². The van der Waals surface area contributed by atoms with E-state index in [0.29, 0.717) is 12.0 Å². The van der Waals surface area contributed by atoms with Crippen molar-refractivity contribution in [3.05, 3.63) is 0 Å². The van der Waals surface area contributed by atoms with Crippen molar-refractivity contribution in [3.63, 3.8) is 0 Å². The van der Waals surface area contributed by atoms with Crippen LogP contribution >= 0.6 is 0 Å². The van der Waals surface area contributed by atoms with E-state index in [-0.39, 0.29) is 11.9 Å². The maximum absolute atomic E-state index is 12.0. The predicted molar refractivity (Wildman–Crippen MR) is 76.7 cm³/mol. The van der Waals surface area contributed by atoms with Crippen LogP contribution in [-0.4, -0.2) is 24.5 Å². The molecule has 2 N–H and O–H groups in total. The summed E-state index contributed by atoms with van der Waals surface area (Å²) >= 11 is 0. The number of hydrogen-bond acceptors (Lipinski definition) is 2. The second-order valence-electron chi connectivity index (χ2n) is 7.38. The van der Waals surface area contributed by atoms with Gasteiger partial charge in [-0.3, -0.25) is 4.79 Å². The van der Waals surface area contributed by atoms with Crippen LogP contribution in [0.5, 0.6) is 0 Å². The van der Waals surface area contributed by atoms with Gasteiger partial charge in [-0.25, -0.2) is 0 Å². The molecule has 3 aliphatic carbocycles. The first kappa shape index (κ1) is 13.4. The third-order valence-corrected chi connectivity index (χ3v) is 5.59. The van der Waals surface area contributed by atoms with E-state index in [1.165, 1.54) is 19.3 Å². The van der Waals surface area contributed by atoms with Crippen LogP contribution < -0.4 is 10.6 Å². The fraction of sp³-hybridized carbons (Fsp3) is 0.938. The number of carbonyl (C=O) groups excluding carboxylic acids is 1. The van der Waals surface area contributed by atoms with E-state index < -0.39 is 0 Å². The Bertz CT molecular complexity index is 339. The lowest BCUT2D eigenvalue weighted by Crippen LogP contribution is -2.44. The van der Waals surface area contributed by atoms with Gasteiger partial charge in [0.1, 0.15) is 0 Å². The normalized spacial score (nSPS) is 40.3. The van der Waals surface area contributed by atoms with Gasteiger partial charge in [0, 0.05) is 12.6 Å². The van der Waals surface area contributed by atoms with Crippen molar-refractivity contribution < 1.29 is 4.79 Å². The summed E-state index contributed by atoms with van der Waals surface area (Å²) in [6.45, 7) is 7.20. The number of fused-ring (bicyclic) bond motifs is 5. The molecule has 0 radical (unpaired) electrons. The zero-order valence-corrected chi connectivity index (χ0v) is 12.5. The minimum absolute atomic E-state index is 0.0258. The molecule has 0 aromatic rings. The van der Waals surface area contributed by atoms with Gasteiger partial charge in [-0.05, 0) is 62.2 Å². The van der Waals surface area contributed by atoms with Crippen LogP contribution in [-0.2, 0) is 4.79 Å². The van der Waals surface area contributed by atoms with Crippen LogP contribution in [0, 0.1) is 29.6 Å². The van der Waals surface area contributed by atoms with Crippen LogP contribution in [0.15, 0.2) is 0 Å². The van der Waals surface area contributed by atoms with E-state index in [9.17, 15) is 4.79 Å². The van der Waals surface area contributed by atoms with E-state index in [1.54, 1.807) is 0 Å². The van der Waals surface area contributed by atoms with Gasteiger partial charge in [0.2, 0.25) is 5.91 Å². The van der Waals surface area contributed by atoms with Gasteiger partial charge in [-0.1, -0.05) is 13.8 Å². The summed E-state index contributed by atoms with van der Waals surface area (Å²) in [6.07, 6.45) is 5.43. The summed E-state index contributed by atoms with van der Waals surface area (Å²) in [4.78, 5) is 12.0. The Morgan fingerprint density at radius 2 is 1.79 bits per heavy atom. The molecular weight excluding hydrogens is 236 g/mol. The highest BCUT2D eigenvalue weighted by atomic mass is 16.2. The van der Waals surface area contributed by atoms with E-state index >= 15 is 0 Å². The Hall–Kier alpha value is -0.570. The Morgan fingerprint density at radius 3 is 2.37 bits per heavy atom. The molecule has 3 rings (SSSR count). The van der Waals surface area contributed by atoms with Crippen LogP contribution in [0.2, 0.25) is 0 Å². The maximum Gasteiger partial charge on any atom is 0.236 e. The summed E-state index contributed by atoms with van der Waals surface area (Å²) in [7, 11) is 0. The molecule has 5 atom stereocenters. The van der Waals surface area contributed by atoms with E-state index in [1.807, 2.05) is 6.92 Å². The average molecular weight is 264 g/mol.